The van der Waals surface area contributed by atoms with E-state index in [9.17, 15) is 0 Å². The van der Waals surface area contributed by atoms with Crippen LogP contribution in [0.5, 0.6) is 0 Å². The Labute approximate surface area is 87.7 Å². The summed E-state index contributed by atoms with van der Waals surface area (Å²) in [5.74, 6) is 0.698. The molecule has 0 spiro atoms. The van der Waals surface area contributed by atoms with E-state index < -0.39 is 0 Å². The summed E-state index contributed by atoms with van der Waals surface area (Å²) in [5, 5.41) is 0. The SMILES string of the molecule is Brc1cccnc1C1CCCCC1. The number of pyridine rings is 1. The molecule has 1 aliphatic carbocycles. The van der Waals surface area contributed by atoms with Crippen molar-refractivity contribution in [2.24, 2.45) is 0 Å². The van der Waals surface area contributed by atoms with Crippen LogP contribution in [0, 0.1) is 0 Å². The molecule has 0 saturated heterocycles. The predicted molar refractivity (Wildman–Crippen MR) is 57.8 cm³/mol. The van der Waals surface area contributed by atoms with Gasteiger partial charge >= 0.3 is 0 Å². The highest BCUT2D eigenvalue weighted by molar-refractivity contribution is 9.10. The molecule has 1 nitrogen and oxygen atoms in total. The largest absolute Gasteiger partial charge is 0.260 e. The Morgan fingerprint density at radius 2 is 2.00 bits per heavy atom. The van der Waals surface area contributed by atoms with E-state index in [1.807, 2.05) is 12.3 Å². The second-order valence-electron chi connectivity index (χ2n) is 3.71. The molecule has 0 amide bonds. The number of halogens is 1. The minimum Gasteiger partial charge on any atom is -0.260 e. The highest BCUT2D eigenvalue weighted by Crippen LogP contribution is 2.34. The summed E-state index contributed by atoms with van der Waals surface area (Å²) >= 11 is 3.57. The zero-order valence-electron chi connectivity index (χ0n) is 7.67. The van der Waals surface area contributed by atoms with Crippen molar-refractivity contribution in [3.05, 3.63) is 28.5 Å². The van der Waals surface area contributed by atoms with E-state index in [0.717, 1.165) is 0 Å². The molecule has 2 rings (SSSR count). The van der Waals surface area contributed by atoms with Crippen molar-refractivity contribution in [1.82, 2.24) is 4.98 Å². The molecule has 1 aromatic heterocycles. The van der Waals surface area contributed by atoms with E-state index in [0.29, 0.717) is 5.92 Å². The van der Waals surface area contributed by atoms with Gasteiger partial charge in [0.2, 0.25) is 0 Å². The Kier molecular flexibility index (Phi) is 2.99. The number of hydrogen-bond acceptors (Lipinski definition) is 1. The van der Waals surface area contributed by atoms with Gasteiger partial charge in [-0.3, -0.25) is 4.98 Å². The van der Waals surface area contributed by atoms with Gasteiger partial charge in [0, 0.05) is 16.6 Å². The van der Waals surface area contributed by atoms with Crippen molar-refractivity contribution in [2.45, 2.75) is 38.0 Å². The van der Waals surface area contributed by atoms with Gasteiger partial charge in [0.05, 0.1) is 5.69 Å². The van der Waals surface area contributed by atoms with E-state index in [4.69, 9.17) is 0 Å². The molecule has 1 aromatic rings. The molecule has 1 saturated carbocycles. The minimum atomic E-state index is 0.698. The van der Waals surface area contributed by atoms with E-state index in [-0.39, 0.29) is 0 Å². The van der Waals surface area contributed by atoms with Crippen molar-refractivity contribution in [3.63, 3.8) is 0 Å². The molecule has 1 aliphatic rings. The fourth-order valence-corrected chi connectivity index (χ4v) is 2.65. The van der Waals surface area contributed by atoms with Gasteiger partial charge in [0.1, 0.15) is 0 Å². The third kappa shape index (κ3) is 2.11. The van der Waals surface area contributed by atoms with Crippen LogP contribution in [-0.4, -0.2) is 4.98 Å². The first-order chi connectivity index (χ1) is 6.38. The number of aromatic nitrogens is 1. The molecule has 13 heavy (non-hydrogen) atoms. The Hall–Kier alpha value is -0.370. The van der Waals surface area contributed by atoms with Crippen molar-refractivity contribution in [3.8, 4) is 0 Å². The molecule has 0 unspecified atom stereocenters. The van der Waals surface area contributed by atoms with Crippen LogP contribution in [0.15, 0.2) is 22.8 Å². The van der Waals surface area contributed by atoms with Gasteiger partial charge in [0.15, 0.2) is 0 Å². The molecule has 0 aromatic carbocycles. The van der Waals surface area contributed by atoms with Crippen molar-refractivity contribution in [2.75, 3.05) is 0 Å². The standard InChI is InChI=1S/C11H14BrN/c12-10-7-4-8-13-11(10)9-5-2-1-3-6-9/h4,7-9H,1-3,5-6H2. The van der Waals surface area contributed by atoms with E-state index >= 15 is 0 Å². The third-order valence-electron chi connectivity index (χ3n) is 2.78. The smallest absolute Gasteiger partial charge is 0.0576 e. The van der Waals surface area contributed by atoms with Gasteiger partial charge in [-0.1, -0.05) is 19.3 Å². The van der Waals surface area contributed by atoms with Gasteiger partial charge < -0.3 is 0 Å². The Bertz CT molecular complexity index is 279. The summed E-state index contributed by atoms with van der Waals surface area (Å²) in [5.41, 5.74) is 1.27. The highest BCUT2D eigenvalue weighted by atomic mass is 79.9. The van der Waals surface area contributed by atoms with Crippen LogP contribution in [0.25, 0.3) is 0 Å². The maximum absolute atomic E-state index is 4.46. The van der Waals surface area contributed by atoms with Gasteiger partial charge in [-0.15, -0.1) is 0 Å². The summed E-state index contributed by atoms with van der Waals surface area (Å²) in [6, 6.07) is 4.08. The lowest BCUT2D eigenvalue weighted by Crippen LogP contribution is -2.06. The molecule has 0 bridgehead atoms. The second kappa shape index (κ2) is 4.23. The average Bonchev–Trinajstić information content (AvgIpc) is 2.20. The lowest BCUT2D eigenvalue weighted by molar-refractivity contribution is 0.435. The van der Waals surface area contributed by atoms with Crippen molar-refractivity contribution in [1.29, 1.82) is 0 Å². The number of nitrogens with zero attached hydrogens (tertiary/aromatic N) is 1. The van der Waals surface area contributed by atoms with Crippen molar-refractivity contribution < 1.29 is 0 Å². The van der Waals surface area contributed by atoms with Crippen molar-refractivity contribution >= 4 is 15.9 Å². The van der Waals surface area contributed by atoms with Crippen LogP contribution in [0.2, 0.25) is 0 Å². The maximum Gasteiger partial charge on any atom is 0.0576 e. The second-order valence-corrected chi connectivity index (χ2v) is 4.56. The monoisotopic (exact) mass is 239 g/mol. The van der Waals surface area contributed by atoms with E-state index in [1.165, 1.54) is 42.3 Å². The molecule has 0 aliphatic heterocycles. The highest BCUT2D eigenvalue weighted by Gasteiger charge is 2.18. The Balaban J connectivity index is 2.18. The van der Waals surface area contributed by atoms with Gasteiger partial charge in [0.25, 0.3) is 0 Å². The Morgan fingerprint density at radius 1 is 1.23 bits per heavy atom. The van der Waals surface area contributed by atoms with Crippen LogP contribution < -0.4 is 0 Å². The Morgan fingerprint density at radius 3 is 2.69 bits per heavy atom. The molecule has 1 heterocycles. The molecule has 1 fully saturated rings. The van der Waals surface area contributed by atoms with Gasteiger partial charge in [-0.05, 0) is 40.9 Å². The summed E-state index contributed by atoms with van der Waals surface area (Å²) < 4.78 is 1.18. The molecular weight excluding hydrogens is 226 g/mol. The first kappa shape index (κ1) is 9.20. The fourth-order valence-electron chi connectivity index (χ4n) is 2.07. The quantitative estimate of drug-likeness (QED) is 0.725. The topological polar surface area (TPSA) is 12.9 Å². The van der Waals surface area contributed by atoms with Crippen LogP contribution in [-0.2, 0) is 0 Å². The summed E-state index contributed by atoms with van der Waals surface area (Å²) in [4.78, 5) is 4.46. The zero-order chi connectivity index (χ0) is 9.10. The zero-order valence-corrected chi connectivity index (χ0v) is 9.26. The normalized spacial score (nSPS) is 18.8. The van der Waals surface area contributed by atoms with E-state index in [1.54, 1.807) is 0 Å². The van der Waals surface area contributed by atoms with Gasteiger partial charge in [-0.25, -0.2) is 0 Å². The lowest BCUT2D eigenvalue weighted by atomic mass is 9.87. The minimum absolute atomic E-state index is 0.698. The molecule has 2 heteroatoms. The molecular formula is C11H14BrN. The first-order valence-corrected chi connectivity index (χ1v) is 5.77. The van der Waals surface area contributed by atoms with Crippen LogP contribution in [0.1, 0.15) is 43.7 Å². The molecule has 0 atom stereocenters. The summed E-state index contributed by atoms with van der Waals surface area (Å²) in [6.45, 7) is 0. The van der Waals surface area contributed by atoms with Crippen LogP contribution in [0.4, 0.5) is 0 Å². The molecule has 0 radical (unpaired) electrons. The van der Waals surface area contributed by atoms with Crippen LogP contribution >= 0.6 is 15.9 Å². The average molecular weight is 240 g/mol. The first-order valence-electron chi connectivity index (χ1n) is 4.98. The lowest BCUT2D eigenvalue weighted by Gasteiger charge is -2.21. The van der Waals surface area contributed by atoms with Gasteiger partial charge in [-0.2, -0.15) is 0 Å². The summed E-state index contributed by atoms with van der Waals surface area (Å²) in [6.07, 6.45) is 8.67. The fraction of sp³-hybridized carbons (Fsp3) is 0.545. The molecule has 70 valence electrons. The summed E-state index contributed by atoms with van der Waals surface area (Å²) in [7, 11) is 0. The predicted octanol–water partition coefficient (Wildman–Crippen LogP) is 3.89. The number of hydrogen-bond donors (Lipinski definition) is 0. The van der Waals surface area contributed by atoms with E-state index in [2.05, 4.69) is 27.0 Å². The third-order valence-corrected chi connectivity index (χ3v) is 3.45. The molecule has 0 N–H and O–H groups in total. The van der Waals surface area contributed by atoms with Crippen LogP contribution in [0.3, 0.4) is 0 Å². The maximum atomic E-state index is 4.46. The number of rotatable bonds is 1.